The van der Waals surface area contributed by atoms with Gasteiger partial charge >= 0.3 is 0 Å². The van der Waals surface area contributed by atoms with Crippen LogP contribution in [0.25, 0.3) is 0 Å². The molecule has 2 nitrogen and oxygen atoms in total. The summed E-state index contributed by atoms with van der Waals surface area (Å²) in [5.41, 5.74) is 3.39. The second-order valence-electron chi connectivity index (χ2n) is 3.86. The van der Waals surface area contributed by atoms with Gasteiger partial charge in [-0.1, -0.05) is 0 Å². The van der Waals surface area contributed by atoms with Gasteiger partial charge in [-0.15, -0.1) is 0 Å². The fourth-order valence-corrected chi connectivity index (χ4v) is 1.37. The van der Waals surface area contributed by atoms with Crippen LogP contribution in [0.2, 0.25) is 0 Å². The summed E-state index contributed by atoms with van der Waals surface area (Å²) in [5.74, 6) is 0. The number of nitrogens with zero attached hydrogens (tertiary/aromatic N) is 1. The van der Waals surface area contributed by atoms with E-state index in [0.29, 0.717) is 6.04 Å². The Balaban J connectivity index is 4.07. The van der Waals surface area contributed by atoms with Gasteiger partial charge in [0.25, 0.3) is 0 Å². The Labute approximate surface area is 64.6 Å². The van der Waals surface area contributed by atoms with Crippen molar-refractivity contribution in [2.24, 2.45) is 0 Å². The molecule has 0 aromatic carbocycles. The molecule has 0 atom stereocenters. The van der Waals surface area contributed by atoms with Gasteiger partial charge in [-0.2, -0.15) is 0 Å². The number of hydrogen-bond donors (Lipinski definition) is 1. The second kappa shape index (κ2) is 3.35. The predicted molar refractivity (Wildman–Crippen MR) is 45.8 cm³/mol. The summed E-state index contributed by atoms with van der Waals surface area (Å²) in [6, 6.07) is 0.546. The van der Waals surface area contributed by atoms with Gasteiger partial charge in [-0.25, -0.2) is 5.01 Å². The molecule has 0 saturated carbocycles. The maximum absolute atomic E-state index is 3.17. The first-order chi connectivity index (χ1) is 4.39. The third kappa shape index (κ3) is 2.67. The molecule has 0 spiro atoms. The van der Waals surface area contributed by atoms with Crippen LogP contribution in [-0.4, -0.2) is 23.6 Å². The van der Waals surface area contributed by atoms with Crippen LogP contribution < -0.4 is 5.43 Å². The first-order valence-electron chi connectivity index (χ1n) is 3.86. The van der Waals surface area contributed by atoms with E-state index in [9.17, 15) is 0 Å². The van der Waals surface area contributed by atoms with Crippen LogP contribution in [0.3, 0.4) is 0 Å². The normalized spacial score (nSPS) is 13.2. The first kappa shape index (κ1) is 9.92. The fourth-order valence-electron chi connectivity index (χ4n) is 1.37. The van der Waals surface area contributed by atoms with Crippen molar-refractivity contribution in [1.82, 2.24) is 10.4 Å². The van der Waals surface area contributed by atoms with Gasteiger partial charge in [0.05, 0.1) is 0 Å². The number of hydrazine groups is 1. The van der Waals surface area contributed by atoms with Crippen LogP contribution in [0.1, 0.15) is 34.6 Å². The van der Waals surface area contributed by atoms with Crippen LogP contribution in [-0.2, 0) is 0 Å². The SMILES string of the molecule is CNN(C(C)C)C(C)(C)C. The van der Waals surface area contributed by atoms with Gasteiger partial charge < -0.3 is 0 Å². The summed E-state index contributed by atoms with van der Waals surface area (Å²) in [5, 5.41) is 2.23. The lowest BCUT2D eigenvalue weighted by Crippen LogP contribution is -2.52. The van der Waals surface area contributed by atoms with Crippen LogP contribution >= 0.6 is 0 Å². The average molecular weight is 144 g/mol. The monoisotopic (exact) mass is 144 g/mol. The van der Waals surface area contributed by atoms with Crippen molar-refractivity contribution in [3.63, 3.8) is 0 Å². The molecule has 0 fully saturated rings. The third-order valence-corrected chi connectivity index (χ3v) is 1.48. The summed E-state index contributed by atoms with van der Waals surface area (Å²) in [6.07, 6.45) is 0. The molecule has 0 saturated heterocycles. The number of hydrogen-bond acceptors (Lipinski definition) is 2. The lowest BCUT2D eigenvalue weighted by Gasteiger charge is -2.37. The van der Waals surface area contributed by atoms with Gasteiger partial charge in [-0.05, 0) is 41.7 Å². The van der Waals surface area contributed by atoms with E-state index in [4.69, 9.17) is 0 Å². The highest BCUT2D eigenvalue weighted by Crippen LogP contribution is 2.12. The Bertz CT molecular complexity index is 91.9. The van der Waals surface area contributed by atoms with Gasteiger partial charge in [0.2, 0.25) is 0 Å². The van der Waals surface area contributed by atoms with E-state index in [-0.39, 0.29) is 5.54 Å². The molecule has 2 heteroatoms. The fraction of sp³-hybridized carbons (Fsp3) is 1.00. The highest BCUT2D eigenvalue weighted by Gasteiger charge is 2.21. The van der Waals surface area contributed by atoms with Crippen molar-refractivity contribution in [2.75, 3.05) is 7.05 Å². The van der Waals surface area contributed by atoms with Crippen molar-refractivity contribution in [3.05, 3.63) is 0 Å². The quantitative estimate of drug-likeness (QED) is 0.593. The molecule has 0 rings (SSSR count). The topological polar surface area (TPSA) is 15.3 Å². The Hall–Kier alpha value is -0.0800. The minimum Gasteiger partial charge on any atom is -0.258 e. The molecule has 0 aromatic heterocycles. The highest BCUT2D eigenvalue weighted by molar-refractivity contribution is 4.74. The molecule has 0 aliphatic rings. The summed E-state index contributed by atoms with van der Waals surface area (Å²) in [6.45, 7) is 11.0. The number of rotatable bonds is 2. The van der Waals surface area contributed by atoms with E-state index >= 15 is 0 Å². The molecule has 10 heavy (non-hydrogen) atoms. The standard InChI is InChI=1S/C8H20N2/c1-7(2)10(9-6)8(3,4)5/h7,9H,1-6H3. The van der Waals surface area contributed by atoms with Crippen molar-refractivity contribution in [1.29, 1.82) is 0 Å². The summed E-state index contributed by atoms with van der Waals surface area (Å²) in [4.78, 5) is 0. The zero-order valence-electron chi connectivity index (χ0n) is 8.02. The van der Waals surface area contributed by atoms with Gasteiger partial charge in [0.1, 0.15) is 0 Å². The predicted octanol–water partition coefficient (Wildman–Crippen LogP) is 1.63. The lowest BCUT2D eigenvalue weighted by atomic mass is 10.1. The van der Waals surface area contributed by atoms with Crippen molar-refractivity contribution < 1.29 is 0 Å². The number of nitrogens with one attached hydrogen (secondary N) is 1. The molecule has 0 amide bonds. The molecule has 0 radical (unpaired) electrons. The summed E-state index contributed by atoms with van der Waals surface area (Å²) in [7, 11) is 1.96. The van der Waals surface area contributed by atoms with Gasteiger partial charge in [0.15, 0.2) is 0 Å². The molecule has 62 valence electrons. The first-order valence-corrected chi connectivity index (χ1v) is 3.86. The Kier molecular flexibility index (Phi) is 3.33. The molecule has 1 N–H and O–H groups in total. The molecular weight excluding hydrogens is 124 g/mol. The zero-order chi connectivity index (χ0) is 8.36. The van der Waals surface area contributed by atoms with Crippen LogP contribution in [0.4, 0.5) is 0 Å². The van der Waals surface area contributed by atoms with Crippen LogP contribution in [0.5, 0.6) is 0 Å². The Morgan fingerprint density at radius 1 is 1.20 bits per heavy atom. The maximum Gasteiger partial charge on any atom is 0.0272 e. The second-order valence-corrected chi connectivity index (χ2v) is 3.86. The van der Waals surface area contributed by atoms with Crippen LogP contribution in [0, 0.1) is 0 Å². The van der Waals surface area contributed by atoms with Crippen molar-refractivity contribution >= 4 is 0 Å². The van der Waals surface area contributed by atoms with Gasteiger partial charge in [-0.3, -0.25) is 5.43 Å². The zero-order valence-corrected chi connectivity index (χ0v) is 8.02. The molecule has 0 aromatic rings. The van der Waals surface area contributed by atoms with E-state index in [2.05, 4.69) is 45.1 Å². The smallest absolute Gasteiger partial charge is 0.0272 e. The van der Waals surface area contributed by atoms with Crippen LogP contribution in [0.15, 0.2) is 0 Å². The third-order valence-electron chi connectivity index (χ3n) is 1.48. The van der Waals surface area contributed by atoms with E-state index in [1.165, 1.54) is 0 Å². The minimum atomic E-state index is 0.211. The van der Waals surface area contributed by atoms with E-state index in [1.54, 1.807) is 0 Å². The van der Waals surface area contributed by atoms with Gasteiger partial charge in [0, 0.05) is 11.6 Å². The van der Waals surface area contributed by atoms with Crippen molar-refractivity contribution in [2.45, 2.75) is 46.2 Å². The molecule has 0 unspecified atom stereocenters. The summed E-state index contributed by atoms with van der Waals surface area (Å²) >= 11 is 0. The largest absolute Gasteiger partial charge is 0.258 e. The Morgan fingerprint density at radius 2 is 1.60 bits per heavy atom. The van der Waals surface area contributed by atoms with E-state index in [1.807, 2.05) is 7.05 Å². The molecule has 0 aliphatic carbocycles. The molecule has 0 aliphatic heterocycles. The highest BCUT2D eigenvalue weighted by atomic mass is 15.5. The van der Waals surface area contributed by atoms with Crippen molar-refractivity contribution in [3.8, 4) is 0 Å². The summed E-state index contributed by atoms with van der Waals surface area (Å²) < 4.78 is 0. The maximum atomic E-state index is 3.17. The average Bonchev–Trinajstić information content (AvgIpc) is 1.60. The minimum absolute atomic E-state index is 0.211. The van der Waals surface area contributed by atoms with E-state index in [0.717, 1.165) is 0 Å². The Morgan fingerprint density at radius 3 is 1.60 bits per heavy atom. The van der Waals surface area contributed by atoms with E-state index < -0.39 is 0 Å². The lowest BCUT2D eigenvalue weighted by molar-refractivity contribution is 0.0501. The molecule has 0 heterocycles. The molecule has 0 bridgehead atoms. The molecular formula is C8H20N2.